The van der Waals surface area contributed by atoms with E-state index in [9.17, 15) is 4.79 Å². The van der Waals surface area contributed by atoms with Crippen molar-refractivity contribution in [2.24, 2.45) is 0 Å². The van der Waals surface area contributed by atoms with Gasteiger partial charge in [0.25, 0.3) is 0 Å². The number of hydrogen-bond donors (Lipinski definition) is 1. The maximum Gasteiger partial charge on any atom is 0.335 e. The highest BCUT2D eigenvalue weighted by molar-refractivity contribution is 5.89. The van der Waals surface area contributed by atoms with Gasteiger partial charge in [0, 0.05) is 0 Å². The van der Waals surface area contributed by atoms with Gasteiger partial charge in [-0.1, -0.05) is 6.08 Å². The molecule has 0 aliphatic heterocycles. The van der Waals surface area contributed by atoms with Crippen LogP contribution in [-0.2, 0) is 0 Å². The summed E-state index contributed by atoms with van der Waals surface area (Å²) in [7, 11) is 2.95. The van der Waals surface area contributed by atoms with Crippen molar-refractivity contribution in [3.63, 3.8) is 0 Å². The van der Waals surface area contributed by atoms with Crippen LogP contribution in [0.15, 0.2) is 24.3 Å². The van der Waals surface area contributed by atoms with Gasteiger partial charge in [-0.15, -0.1) is 0 Å². The smallest absolute Gasteiger partial charge is 0.335 e. The van der Waals surface area contributed by atoms with Crippen LogP contribution in [0.5, 0.6) is 17.2 Å². The summed E-state index contributed by atoms with van der Waals surface area (Å²) in [4.78, 5) is 11.1. The summed E-state index contributed by atoms with van der Waals surface area (Å²) in [6, 6.07) is 2.87. The number of carboxylic acid groups (broad SMARTS) is 1. The van der Waals surface area contributed by atoms with Crippen molar-refractivity contribution in [1.82, 2.24) is 0 Å². The van der Waals surface area contributed by atoms with Crippen LogP contribution in [0.1, 0.15) is 29.6 Å². The minimum absolute atomic E-state index is 0.0396. The van der Waals surface area contributed by atoms with Crippen LogP contribution >= 0.6 is 0 Å². The first-order valence-electron chi connectivity index (χ1n) is 6.48. The van der Waals surface area contributed by atoms with Crippen LogP contribution in [0, 0.1) is 0 Å². The predicted molar refractivity (Wildman–Crippen MR) is 73.9 cm³/mol. The second kappa shape index (κ2) is 6.32. The molecule has 5 nitrogen and oxygen atoms in total. The highest BCUT2D eigenvalue weighted by atomic mass is 16.5. The molecule has 1 aliphatic rings. The molecule has 1 atom stereocenters. The number of allylic oxidation sites excluding steroid dienone is 1. The average molecular weight is 278 g/mol. The van der Waals surface area contributed by atoms with Crippen LogP contribution in [0.4, 0.5) is 0 Å². The molecule has 2 rings (SSSR count). The Labute approximate surface area is 117 Å². The lowest BCUT2D eigenvalue weighted by molar-refractivity contribution is 0.0696. The molecule has 1 aromatic rings. The lowest BCUT2D eigenvalue weighted by atomic mass is 10.1. The Morgan fingerprint density at radius 3 is 2.35 bits per heavy atom. The van der Waals surface area contributed by atoms with Crippen molar-refractivity contribution in [2.45, 2.75) is 25.4 Å². The highest BCUT2D eigenvalue weighted by Crippen LogP contribution is 2.40. The standard InChI is InChI=1S/C15H18O5/c1-18-12-8-10(15(16)17)9-13(19-2)14(12)20-11-6-4-3-5-7-11/h4,6,8-9,11H,3,5,7H2,1-2H3,(H,16,17). The number of aromatic carboxylic acids is 1. The average Bonchev–Trinajstić information content (AvgIpc) is 2.48. The number of methoxy groups -OCH3 is 2. The molecule has 0 radical (unpaired) electrons. The van der Waals surface area contributed by atoms with E-state index >= 15 is 0 Å². The fourth-order valence-electron chi connectivity index (χ4n) is 2.15. The second-order valence-corrected chi connectivity index (χ2v) is 4.53. The molecule has 5 heteroatoms. The second-order valence-electron chi connectivity index (χ2n) is 4.53. The number of carboxylic acids is 1. The molecule has 0 aromatic heterocycles. The molecule has 108 valence electrons. The molecule has 0 spiro atoms. The molecule has 0 amide bonds. The Balaban J connectivity index is 2.36. The summed E-state index contributed by atoms with van der Waals surface area (Å²) in [6.45, 7) is 0. The lowest BCUT2D eigenvalue weighted by Gasteiger charge is -2.22. The van der Waals surface area contributed by atoms with Crippen molar-refractivity contribution in [3.05, 3.63) is 29.8 Å². The fourth-order valence-corrected chi connectivity index (χ4v) is 2.15. The van der Waals surface area contributed by atoms with Gasteiger partial charge in [0.2, 0.25) is 5.75 Å². The molecule has 0 heterocycles. The maximum absolute atomic E-state index is 11.1. The van der Waals surface area contributed by atoms with Crippen molar-refractivity contribution >= 4 is 5.97 Å². The van der Waals surface area contributed by atoms with Gasteiger partial charge in [-0.3, -0.25) is 0 Å². The van der Waals surface area contributed by atoms with E-state index in [2.05, 4.69) is 6.08 Å². The number of benzene rings is 1. The number of ether oxygens (including phenoxy) is 3. The summed E-state index contributed by atoms with van der Waals surface area (Å²) in [6.07, 6.45) is 7.10. The zero-order valence-corrected chi connectivity index (χ0v) is 11.6. The lowest BCUT2D eigenvalue weighted by Crippen LogP contribution is -2.17. The third-order valence-corrected chi connectivity index (χ3v) is 3.19. The zero-order chi connectivity index (χ0) is 14.5. The topological polar surface area (TPSA) is 65.0 Å². The largest absolute Gasteiger partial charge is 0.493 e. The van der Waals surface area contributed by atoms with E-state index in [-0.39, 0.29) is 11.7 Å². The molecule has 1 aliphatic carbocycles. The highest BCUT2D eigenvalue weighted by Gasteiger charge is 2.20. The van der Waals surface area contributed by atoms with Gasteiger partial charge in [0.1, 0.15) is 6.10 Å². The number of rotatable bonds is 5. The first-order chi connectivity index (χ1) is 9.65. The van der Waals surface area contributed by atoms with E-state index in [1.807, 2.05) is 6.08 Å². The van der Waals surface area contributed by atoms with Gasteiger partial charge in [-0.05, 0) is 37.5 Å². The molecule has 0 saturated heterocycles. The molecule has 0 saturated carbocycles. The van der Waals surface area contributed by atoms with Crippen LogP contribution in [0.2, 0.25) is 0 Å². The molecular weight excluding hydrogens is 260 g/mol. The Morgan fingerprint density at radius 2 is 1.90 bits per heavy atom. The van der Waals surface area contributed by atoms with Crippen molar-refractivity contribution in [1.29, 1.82) is 0 Å². The Morgan fingerprint density at radius 1 is 1.25 bits per heavy atom. The third-order valence-electron chi connectivity index (χ3n) is 3.19. The van der Waals surface area contributed by atoms with Gasteiger partial charge >= 0.3 is 5.97 Å². The molecule has 1 aromatic carbocycles. The minimum Gasteiger partial charge on any atom is -0.493 e. The van der Waals surface area contributed by atoms with Gasteiger partial charge in [-0.25, -0.2) is 4.79 Å². The molecule has 0 bridgehead atoms. The molecule has 1 N–H and O–H groups in total. The van der Waals surface area contributed by atoms with E-state index in [1.165, 1.54) is 26.4 Å². The van der Waals surface area contributed by atoms with Crippen LogP contribution in [-0.4, -0.2) is 31.4 Å². The molecule has 0 fully saturated rings. The number of hydrogen-bond acceptors (Lipinski definition) is 4. The van der Waals surface area contributed by atoms with Crippen LogP contribution in [0.25, 0.3) is 0 Å². The van der Waals surface area contributed by atoms with Crippen molar-refractivity contribution in [2.75, 3.05) is 14.2 Å². The fraction of sp³-hybridized carbons (Fsp3) is 0.400. The summed E-state index contributed by atoms with van der Waals surface area (Å²) in [5.74, 6) is 0.128. The Bertz CT molecular complexity index is 496. The van der Waals surface area contributed by atoms with Crippen molar-refractivity contribution < 1.29 is 24.1 Å². The number of carbonyl (C=O) groups is 1. The quantitative estimate of drug-likeness (QED) is 0.839. The Hall–Kier alpha value is -2.17. The molecule has 20 heavy (non-hydrogen) atoms. The van der Waals surface area contributed by atoms with Gasteiger partial charge in [0.05, 0.1) is 19.8 Å². The van der Waals surface area contributed by atoms with E-state index in [4.69, 9.17) is 19.3 Å². The SMILES string of the molecule is COc1cc(C(=O)O)cc(OC)c1OC1C=CCCC1. The minimum atomic E-state index is -1.04. The van der Waals surface area contributed by atoms with Gasteiger partial charge in [0.15, 0.2) is 11.5 Å². The van der Waals surface area contributed by atoms with Crippen LogP contribution in [0.3, 0.4) is 0 Å². The summed E-state index contributed by atoms with van der Waals surface area (Å²) in [5.41, 5.74) is 0.102. The summed E-state index contributed by atoms with van der Waals surface area (Å²) < 4.78 is 16.4. The van der Waals surface area contributed by atoms with Gasteiger partial charge in [-0.2, -0.15) is 0 Å². The molecular formula is C15H18O5. The normalized spacial score (nSPS) is 17.6. The van der Waals surface area contributed by atoms with E-state index in [1.54, 1.807) is 0 Å². The summed E-state index contributed by atoms with van der Waals surface area (Å²) in [5, 5.41) is 9.07. The summed E-state index contributed by atoms with van der Waals surface area (Å²) >= 11 is 0. The first-order valence-corrected chi connectivity index (χ1v) is 6.48. The van der Waals surface area contributed by atoms with E-state index < -0.39 is 5.97 Å². The Kier molecular flexibility index (Phi) is 4.50. The molecule has 1 unspecified atom stereocenters. The maximum atomic E-state index is 11.1. The van der Waals surface area contributed by atoms with Crippen molar-refractivity contribution in [3.8, 4) is 17.2 Å². The monoisotopic (exact) mass is 278 g/mol. The predicted octanol–water partition coefficient (Wildman–Crippen LogP) is 2.89. The zero-order valence-electron chi connectivity index (χ0n) is 11.6. The van der Waals surface area contributed by atoms with Gasteiger partial charge < -0.3 is 19.3 Å². The van der Waals surface area contributed by atoms with E-state index in [0.29, 0.717) is 17.2 Å². The first kappa shape index (κ1) is 14.2. The van der Waals surface area contributed by atoms with E-state index in [0.717, 1.165) is 19.3 Å². The third kappa shape index (κ3) is 3.04. The van der Waals surface area contributed by atoms with Crippen LogP contribution < -0.4 is 14.2 Å².